The number of benzene rings is 1. The van der Waals surface area contributed by atoms with Crippen LogP contribution in [0.1, 0.15) is 11.0 Å². The SMILES string of the molecule is O=C(NCC(O)c1cc2ccccc2s1)N1CCOCC1. The predicted molar refractivity (Wildman–Crippen MR) is 82.6 cm³/mol. The van der Waals surface area contributed by atoms with Gasteiger partial charge in [-0.25, -0.2) is 4.79 Å². The molecule has 1 fully saturated rings. The number of ether oxygens (including phenoxy) is 1. The first-order valence-electron chi connectivity index (χ1n) is 7.01. The Balaban J connectivity index is 1.58. The van der Waals surface area contributed by atoms with Crippen LogP contribution >= 0.6 is 11.3 Å². The molecule has 5 nitrogen and oxygen atoms in total. The lowest BCUT2D eigenvalue weighted by Crippen LogP contribution is -2.47. The molecule has 1 aromatic carbocycles. The zero-order valence-electron chi connectivity index (χ0n) is 11.6. The first kappa shape index (κ1) is 14.3. The topological polar surface area (TPSA) is 61.8 Å². The van der Waals surface area contributed by atoms with E-state index in [0.29, 0.717) is 26.3 Å². The van der Waals surface area contributed by atoms with E-state index in [1.165, 1.54) is 0 Å². The number of urea groups is 1. The van der Waals surface area contributed by atoms with Crippen LogP contribution in [-0.2, 0) is 4.74 Å². The molecule has 2 aromatic rings. The first-order chi connectivity index (χ1) is 10.2. The van der Waals surface area contributed by atoms with Gasteiger partial charge in [0.15, 0.2) is 0 Å². The van der Waals surface area contributed by atoms with Crippen molar-refractivity contribution in [3.63, 3.8) is 0 Å². The second-order valence-electron chi connectivity index (χ2n) is 4.99. The van der Waals surface area contributed by atoms with Gasteiger partial charge in [0.2, 0.25) is 0 Å². The summed E-state index contributed by atoms with van der Waals surface area (Å²) < 4.78 is 6.35. The Bertz CT molecular complexity index is 589. The Morgan fingerprint density at radius 3 is 2.90 bits per heavy atom. The highest BCUT2D eigenvalue weighted by atomic mass is 32.1. The van der Waals surface area contributed by atoms with Crippen LogP contribution in [0.5, 0.6) is 0 Å². The summed E-state index contributed by atoms with van der Waals surface area (Å²) in [4.78, 5) is 14.5. The van der Waals surface area contributed by atoms with Crippen molar-refractivity contribution in [2.75, 3.05) is 32.8 Å². The third-order valence-electron chi connectivity index (χ3n) is 3.52. The van der Waals surface area contributed by atoms with Crippen molar-refractivity contribution in [2.45, 2.75) is 6.10 Å². The fourth-order valence-corrected chi connectivity index (χ4v) is 3.38. The molecule has 0 radical (unpaired) electrons. The number of rotatable bonds is 3. The number of nitrogens with one attached hydrogen (secondary N) is 1. The normalized spacial score (nSPS) is 16.9. The maximum Gasteiger partial charge on any atom is 0.317 e. The summed E-state index contributed by atoms with van der Waals surface area (Å²) in [5.74, 6) is 0. The molecule has 1 atom stereocenters. The van der Waals surface area contributed by atoms with Gasteiger partial charge in [-0.2, -0.15) is 0 Å². The number of aliphatic hydroxyl groups is 1. The van der Waals surface area contributed by atoms with Crippen LogP contribution in [0.25, 0.3) is 10.1 Å². The van der Waals surface area contributed by atoms with Gasteiger partial charge in [0, 0.05) is 22.7 Å². The Kier molecular flexibility index (Phi) is 4.38. The molecule has 1 unspecified atom stereocenters. The monoisotopic (exact) mass is 306 g/mol. The largest absolute Gasteiger partial charge is 0.386 e. The zero-order valence-corrected chi connectivity index (χ0v) is 12.4. The minimum absolute atomic E-state index is 0.140. The van der Waals surface area contributed by atoms with E-state index >= 15 is 0 Å². The van der Waals surface area contributed by atoms with E-state index in [4.69, 9.17) is 4.74 Å². The number of carbonyl (C=O) groups is 1. The predicted octanol–water partition coefficient (Wildman–Crippen LogP) is 1.98. The maximum absolute atomic E-state index is 12.0. The number of fused-ring (bicyclic) bond motifs is 1. The number of carbonyl (C=O) groups excluding carboxylic acids is 1. The molecule has 0 aliphatic carbocycles. The molecule has 21 heavy (non-hydrogen) atoms. The van der Waals surface area contributed by atoms with E-state index < -0.39 is 6.10 Å². The summed E-state index contributed by atoms with van der Waals surface area (Å²) >= 11 is 1.56. The number of nitrogens with zero attached hydrogens (tertiary/aromatic N) is 1. The average molecular weight is 306 g/mol. The molecule has 1 saturated heterocycles. The summed E-state index contributed by atoms with van der Waals surface area (Å²) in [6.07, 6.45) is -0.674. The van der Waals surface area contributed by atoms with Gasteiger partial charge in [-0.05, 0) is 17.5 Å². The third kappa shape index (κ3) is 3.34. The number of thiophene rings is 1. The zero-order chi connectivity index (χ0) is 14.7. The van der Waals surface area contributed by atoms with Gasteiger partial charge in [0.1, 0.15) is 6.10 Å². The summed E-state index contributed by atoms with van der Waals surface area (Å²) in [7, 11) is 0. The molecule has 2 N–H and O–H groups in total. The molecule has 1 aliphatic rings. The van der Waals surface area contributed by atoms with E-state index in [2.05, 4.69) is 5.32 Å². The lowest BCUT2D eigenvalue weighted by Gasteiger charge is -2.27. The molecule has 0 saturated carbocycles. The second-order valence-corrected chi connectivity index (χ2v) is 6.10. The molecule has 1 aromatic heterocycles. The van der Waals surface area contributed by atoms with E-state index in [1.54, 1.807) is 16.2 Å². The molecule has 6 heteroatoms. The van der Waals surface area contributed by atoms with Gasteiger partial charge in [0.05, 0.1) is 19.8 Å². The molecule has 0 bridgehead atoms. The van der Waals surface area contributed by atoms with Crippen LogP contribution in [0.3, 0.4) is 0 Å². The van der Waals surface area contributed by atoms with Gasteiger partial charge in [-0.1, -0.05) is 18.2 Å². The minimum Gasteiger partial charge on any atom is -0.386 e. The lowest BCUT2D eigenvalue weighted by atomic mass is 10.2. The standard InChI is InChI=1S/C15H18N2O3S/c18-12(10-16-15(19)17-5-7-20-8-6-17)14-9-11-3-1-2-4-13(11)21-14/h1-4,9,12,18H,5-8,10H2,(H,16,19). The summed E-state index contributed by atoms with van der Waals surface area (Å²) in [5, 5.41) is 14.1. The molecular formula is C15H18N2O3S. The number of amides is 2. The number of aliphatic hydroxyl groups excluding tert-OH is 1. The molecule has 0 spiro atoms. The molecule has 112 valence electrons. The Hall–Kier alpha value is -1.63. The summed E-state index contributed by atoms with van der Waals surface area (Å²) in [5.41, 5.74) is 0. The van der Waals surface area contributed by atoms with Crippen molar-refractivity contribution < 1.29 is 14.6 Å². The molecule has 3 rings (SSSR count). The van der Waals surface area contributed by atoms with Crippen LogP contribution in [0.15, 0.2) is 30.3 Å². The van der Waals surface area contributed by atoms with E-state index in [-0.39, 0.29) is 12.6 Å². The lowest BCUT2D eigenvalue weighted by molar-refractivity contribution is 0.0522. The van der Waals surface area contributed by atoms with Gasteiger partial charge < -0.3 is 20.1 Å². The number of hydrogen-bond acceptors (Lipinski definition) is 4. The Labute approximate surface area is 127 Å². The van der Waals surface area contributed by atoms with Crippen LogP contribution in [0.4, 0.5) is 4.79 Å². The maximum atomic E-state index is 12.0. The summed E-state index contributed by atoms with van der Waals surface area (Å²) in [6.45, 7) is 2.58. The van der Waals surface area contributed by atoms with E-state index in [1.807, 2.05) is 30.3 Å². The number of morpholine rings is 1. The van der Waals surface area contributed by atoms with Gasteiger partial charge in [-0.3, -0.25) is 0 Å². The van der Waals surface area contributed by atoms with Crippen molar-refractivity contribution in [3.05, 3.63) is 35.2 Å². The summed E-state index contributed by atoms with van der Waals surface area (Å²) in [6, 6.07) is 9.85. The Morgan fingerprint density at radius 2 is 2.14 bits per heavy atom. The fourth-order valence-electron chi connectivity index (χ4n) is 2.33. The average Bonchev–Trinajstić information content (AvgIpc) is 2.97. The van der Waals surface area contributed by atoms with Gasteiger partial charge in [0.25, 0.3) is 0 Å². The van der Waals surface area contributed by atoms with E-state index in [0.717, 1.165) is 15.0 Å². The molecular weight excluding hydrogens is 288 g/mol. The molecule has 1 aliphatic heterocycles. The minimum atomic E-state index is -0.674. The highest BCUT2D eigenvalue weighted by molar-refractivity contribution is 7.19. The van der Waals surface area contributed by atoms with Crippen LogP contribution in [0, 0.1) is 0 Å². The van der Waals surface area contributed by atoms with Crippen molar-refractivity contribution in [3.8, 4) is 0 Å². The van der Waals surface area contributed by atoms with Gasteiger partial charge in [-0.15, -0.1) is 11.3 Å². The van der Waals surface area contributed by atoms with Gasteiger partial charge >= 0.3 is 6.03 Å². The van der Waals surface area contributed by atoms with E-state index in [9.17, 15) is 9.90 Å². The molecule has 2 amide bonds. The van der Waals surface area contributed by atoms with Crippen molar-refractivity contribution >= 4 is 27.5 Å². The number of hydrogen-bond donors (Lipinski definition) is 2. The quantitative estimate of drug-likeness (QED) is 0.911. The third-order valence-corrected chi connectivity index (χ3v) is 4.74. The highest BCUT2D eigenvalue weighted by Crippen LogP contribution is 2.29. The second kappa shape index (κ2) is 6.43. The van der Waals surface area contributed by atoms with Crippen LogP contribution < -0.4 is 5.32 Å². The van der Waals surface area contributed by atoms with Crippen LogP contribution in [-0.4, -0.2) is 48.9 Å². The smallest absolute Gasteiger partial charge is 0.317 e. The fraction of sp³-hybridized carbons (Fsp3) is 0.400. The molecule has 2 heterocycles. The Morgan fingerprint density at radius 1 is 1.38 bits per heavy atom. The van der Waals surface area contributed by atoms with Crippen molar-refractivity contribution in [1.82, 2.24) is 10.2 Å². The van der Waals surface area contributed by atoms with Crippen molar-refractivity contribution in [1.29, 1.82) is 0 Å². The highest BCUT2D eigenvalue weighted by Gasteiger charge is 2.18. The van der Waals surface area contributed by atoms with Crippen LogP contribution in [0.2, 0.25) is 0 Å². The first-order valence-corrected chi connectivity index (χ1v) is 7.83. The van der Waals surface area contributed by atoms with Crippen molar-refractivity contribution in [2.24, 2.45) is 0 Å².